The van der Waals surface area contributed by atoms with Crippen LogP contribution in [-0.4, -0.2) is 18.4 Å². The molecule has 2 rings (SSSR count). The van der Waals surface area contributed by atoms with Gasteiger partial charge in [-0.3, -0.25) is 0 Å². The molecule has 0 spiro atoms. The quantitative estimate of drug-likeness (QED) is 0.107. The molecule has 0 atom stereocenters. The van der Waals surface area contributed by atoms with Crippen LogP contribution in [0.15, 0.2) is 30.3 Å². The van der Waals surface area contributed by atoms with Gasteiger partial charge in [-0.25, -0.2) is 0 Å². The Kier molecular flexibility index (Phi) is 15.7. The Morgan fingerprint density at radius 2 is 0.971 bits per heavy atom. The van der Waals surface area contributed by atoms with Gasteiger partial charge in [0, 0.05) is 0 Å². The normalized spacial score (nSPS) is 12.0. The number of fused-ring (bicyclic) bond motifs is 1. The van der Waals surface area contributed by atoms with Gasteiger partial charge >= 0.3 is 225 Å². The minimum atomic E-state index is -2.50. The Morgan fingerprint density at radius 3 is 1.49 bits per heavy atom. The van der Waals surface area contributed by atoms with E-state index in [2.05, 4.69) is 65.0 Å². The van der Waals surface area contributed by atoms with Crippen molar-refractivity contribution >= 4 is 32.7 Å². The van der Waals surface area contributed by atoms with Gasteiger partial charge in [-0.2, -0.15) is 0 Å². The molecule has 1 heteroatoms. The Morgan fingerprint density at radius 1 is 0.486 bits per heavy atom. The summed E-state index contributed by atoms with van der Waals surface area (Å²) in [4.78, 5) is 0. The molecular formula is C34H58Sn. The van der Waals surface area contributed by atoms with E-state index in [1.54, 1.807) is 35.2 Å². The molecule has 0 saturated heterocycles. The number of hydrogen-bond donors (Lipinski definition) is 0. The van der Waals surface area contributed by atoms with Gasteiger partial charge in [-0.1, -0.05) is 0 Å². The van der Waals surface area contributed by atoms with Crippen molar-refractivity contribution in [2.75, 3.05) is 0 Å². The van der Waals surface area contributed by atoms with E-state index in [0.717, 1.165) is 0 Å². The number of rotatable bonds is 20. The summed E-state index contributed by atoms with van der Waals surface area (Å²) in [5.41, 5.74) is 3.22. The zero-order valence-electron chi connectivity index (χ0n) is 24.3. The van der Waals surface area contributed by atoms with Gasteiger partial charge in [0.15, 0.2) is 0 Å². The molecule has 0 nitrogen and oxygen atoms in total. The van der Waals surface area contributed by atoms with Crippen LogP contribution in [0.1, 0.15) is 136 Å². The van der Waals surface area contributed by atoms with Gasteiger partial charge in [0.2, 0.25) is 0 Å². The summed E-state index contributed by atoms with van der Waals surface area (Å²) in [6.45, 7) is 11.9. The average Bonchev–Trinajstić information content (AvgIpc) is 2.88. The third kappa shape index (κ3) is 10.1. The third-order valence-electron chi connectivity index (χ3n) is 8.31. The molecule has 0 heterocycles. The van der Waals surface area contributed by atoms with Gasteiger partial charge in [0.25, 0.3) is 0 Å². The molecule has 0 bridgehead atoms. The molecule has 0 unspecified atom stereocenters. The van der Waals surface area contributed by atoms with Crippen molar-refractivity contribution in [2.45, 2.75) is 151 Å². The molecule has 0 aromatic heterocycles. The number of hydrogen-bond acceptors (Lipinski definition) is 0. The van der Waals surface area contributed by atoms with Crippen LogP contribution in [0.2, 0.25) is 13.3 Å². The van der Waals surface area contributed by atoms with Crippen LogP contribution < -0.4 is 3.58 Å². The summed E-state index contributed by atoms with van der Waals surface area (Å²) in [7, 11) is 0. The fourth-order valence-electron chi connectivity index (χ4n) is 6.06. The van der Waals surface area contributed by atoms with E-state index in [0.29, 0.717) is 0 Å². The summed E-state index contributed by atoms with van der Waals surface area (Å²) >= 11 is -2.50. The van der Waals surface area contributed by atoms with E-state index in [1.807, 2.05) is 3.58 Å². The maximum atomic E-state index is 2.77. The van der Waals surface area contributed by atoms with Gasteiger partial charge < -0.3 is 0 Å². The zero-order chi connectivity index (χ0) is 25.4. The zero-order valence-corrected chi connectivity index (χ0v) is 27.2. The van der Waals surface area contributed by atoms with Crippen LogP contribution in [0.5, 0.6) is 0 Å². The second-order valence-electron chi connectivity index (χ2n) is 11.4. The first-order valence-electron chi connectivity index (χ1n) is 15.7. The summed E-state index contributed by atoms with van der Waals surface area (Å²) in [6, 6.07) is 13.0. The van der Waals surface area contributed by atoms with Crippen molar-refractivity contribution in [3.05, 3.63) is 41.5 Å². The van der Waals surface area contributed by atoms with Crippen molar-refractivity contribution in [3.8, 4) is 0 Å². The molecular weight excluding hydrogens is 527 g/mol. The van der Waals surface area contributed by atoms with E-state index in [-0.39, 0.29) is 0 Å². The standard InChI is InChI=1S/C22H31.3C4H9.Sn/c1-3-5-7-9-11-19-13-15-21-16-14-20(18-22(21)17-19)12-10-8-6-4-2;3*1-3-4-2;/h13-15,17-18H,3-12H2,1-2H3;3*1,3-4H2,2H3;. The maximum absolute atomic E-state index is 2.77. The Hall–Kier alpha value is -0.501. The molecule has 198 valence electrons. The first-order chi connectivity index (χ1) is 17.1. The fourth-order valence-corrected chi connectivity index (χ4v) is 23.0. The molecule has 0 aliphatic carbocycles. The SMILES string of the molecule is CCCCCCc1ccc2[c]([Sn]([CH2]CCC)([CH2]CCC)[CH2]CCC)cc(CCCCCC)cc2c1. The predicted molar refractivity (Wildman–Crippen MR) is 164 cm³/mol. The van der Waals surface area contributed by atoms with Crippen LogP contribution in [0, 0.1) is 0 Å². The summed E-state index contributed by atoms with van der Waals surface area (Å²) < 4.78 is 6.62. The molecule has 0 aliphatic heterocycles. The summed E-state index contributed by atoms with van der Waals surface area (Å²) in [5, 5.41) is 3.23. The van der Waals surface area contributed by atoms with Gasteiger partial charge in [-0.15, -0.1) is 0 Å². The molecule has 0 amide bonds. The van der Waals surface area contributed by atoms with E-state index in [9.17, 15) is 0 Å². The summed E-state index contributed by atoms with van der Waals surface area (Å²) in [6.07, 6.45) is 21.8. The van der Waals surface area contributed by atoms with Crippen LogP contribution in [0.3, 0.4) is 0 Å². The summed E-state index contributed by atoms with van der Waals surface area (Å²) in [5.74, 6) is 0. The molecule has 2 aromatic rings. The number of aryl methyl sites for hydroxylation is 2. The van der Waals surface area contributed by atoms with E-state index in [4.69, 9.17) is 0 Å². The molecule has 0 saturated carbocycles. The minimum absolute atomic E-state index is 1.25. The van der Waals surface area contributed by atoms with Crippen LogP contribution in [0.25, 0.3) is 10.8 Å². The van der Waals surface area contributed by atoms with Gasteiger partial charge in [0.1, 0.15) is 0 Å². The first kappa shape index (κ1) is 30.7. The van der Waals surface area contributed by atoms with Gasteiger partial charge in [0.05, 0.1) is 0 Å². The third-order valence-corrected chi connectivity index (χ3v) is 24.0. The van der Waals surface area contributed by atoms with E-state index < -0.39 is 18.4 Å². The van der Waals surface area contributed by atoms with Crippen molar-refractivity contribution in [3.63, 3.8) is 0 Å². The second-order valence-corrected chi connectivity index (χ2v) is 24.5. The van der Waals surface area contributed by atoms with Crippen molar-refractivity contribution in [1.82, 2.24) is 0 Å². The average molecular weight is 586 g/mol. The van der Waals surface area contributed by atoms with Crippen molar-refractivity contribution < 1.29 is 0 Å². The van der Waals surface area contributed by atoms with Crippen LogP contribution in [-0.2, 0) is 12.8 Å². The molecule has 0 fully saturated rings. The monoisotopic (exact) mass is 586 g/mol. The molecule has 35 heavy (non-hydrogen) atoms. The molecule has 0 radical (unpaired) electrons. The predicted octanol–water partition coefficient (Wildman–Crippen LogP) is 11.1. The molecule has 2 aromatic carbocycles. The first-order valence-corrected chi connectivity index (χ1v) is 23.2. The van der Waals surface area contributed by atoms with Crippen LogP contribution >= 0.6 is 0 Å². The van der Waals surface area contributed by atoms with Crippen molar-refractivity contribution in [1.29, 1.82) is 0 Å². The molecule has 0 N–H and O–H groups in total. The van der Waals surface area contributed by atoms with Crippen LogP contribution in [0.4, 0.5) is 0 Å². The number of unbranched alkanes of at least 4 members (excludes halogenated alkanes) is 9. The Bertz CT molecular complexity index is 794. The molecule has 0 aliphatic rings. The van der Waals surface area contributed by atoms with Gasteiger partial charge in [-0.05, 0) is 0 Å². The van der Waals surface area contributed by atoms with E-state index >= 15 is 0 Å². The topological polar surface area (TPSA) is 0 Å². The second kappa shape index (κ2) is 17.9. The number of benzene rings is 2. The Balaban J connectivity index is 2.53. The van der Waals surface area contributed by atoms with E-state index in [1.165, 1.54) is 103 Å². The van der Waals surface area contributed by atoms with Crippen molar-refractivity contribution in [2.24, 2.45) is 0 Å². The fraction of sp³-hybridized carbons (Fsp3) is 0.706. The Labute approximate surface area is 223 Å².